The van der Waals surface area contributed by atoms with Gasteiger partial charge in [0.05, 0.1) is 0 Å². The number of allylic oxidation sites excluding steroid dienone is 1. The Balaban J connectivity index is 2.22. The summed E-state index contributed by atoms with van der Waals surface area (Å²) in [6.45, 7) is 7.07. The summed E-state index contributed by atoms with van der Waals surface area (Å²) in [4.78, 5) is 0. The number of hydrogen-bond donors (Lipinski definition) is 1. The van der Waals surface area contributed by atoms with Crippen molar-refractivity contribution in [2.24, 2.45) is 23.5 Å². The molecule has 13 heavy (non-hydrogen) atoms. The summed E-state index contributed by atoms with van der Waals surface area (Å²) in [6.07, 6.45) is 8.85. The molecule has 0 aromatic rings. The zero-order valence-electron chi connectivity index (χ0n) is 8.84. The molecule has 0 aromatic heterocycles. The van der Waals surface area contributed by atoms with E-state index in [0.29, 0.717) is 5.92 Å². The molecule has 0 aromatic carbocycles. The van der Waals surface area contributed by atoms with Crippen LogP contribution in [0.4, 0.5) is 0 Å². The SMILES string of the molecule is C=CC(CCN)CC(C)C1CCC1. The topological polar surface area (TPSA) is 26.0 Å². The Morgan fingerprint density at radius 1 is 1.54 bits per heavy atom. The summed E-state index contributed by atoms with van der Waals surface area (Å²) in [5.41, 5.74) is 5.56. The van der Waals surface area contributed by atoms with Crippen LogP contribution in [0.15, 0.2) is 12.7 Å². The van der Waals surface area contributed by atoms with Crippen LogP contribution < -0.4 is 5.73 Å². The van der Waals surface area contributed by atoms with E-state index < -0.39 is 0 Å². The van der Waals surface area contributed by atoms with Crippen molar-refractivity contribution >= 4 is 0 Å². The van der Waals surface area contributed by atoms with Gasteiger partial charge in [-0.2, -0.15) is 0 Å². The fourth-order valence-electron chi connectivity index (χ4n) is 2.22. The van der Waals surface area contributed by atoms with E-state index in [2.05, 4.69) is 19.6 Å². The highest BCUT2D eigenvalue weighted by Gasteiger charge is 2.24. The van der Waals surface area contributed by atoms with Gasteiger partial charge in [0.1, 0.15) is 0 Å². The average Bonchev–Trinajstić information content (AvgIpc) is 2.00. The van der Waals surface area contributed by atoms with E-state index >= 15 is 0 Å². The van der Waals surface area contributed by atoms with E-state index in [4.69, 9.17) is 5.73 Å². The molecule has 76 valence electrons. The second-order valence-corrected chi connectivity index (χ2v) is 4.48. The Labute approximate surface area is 82.4 Å². The molecule has 1 fully saturated rings. The maximum Gasteiger partial charge on any atom is -0.00717 e. The zero-order chi connectivity index (χ0) is 9.68. The molecule has 0 saturated heterocycles. The highest BCUT2D eigenvalue weighted by Crippen LogP contribution is 2.36. The van der Waals surface area contributed by atoms with Crippen LogP contribution in [0, 0.1) is 17.8 Å². The lowest BCUT2D eigenvalue weighted by Crippen LogP contribution is -2.22. The number of rotatable bonds is 6. The van der Waals surface area contributed by atoms with Crippen LogP contribution in [-0.2, 0) is 0 Å². The second kappa shape index (κ2) is 5.43. The minimum Gasteiger partial charge on any atom is -0.330 e. The zero-order valence-corrected chi connectivity index (χ0v) is 8.84. The Kier molecular flexibility index (Phi) is 4.51. The van der Waals surface area contributed by atoms with Crippen LogP contribution in [0.5, 0.6) is 0 Å². The van der Waals surface area contributed by atoms with Gasteiger partial charge in [-0.1, -0.05) is 32.3 Å². The molecule has 1 rings (SSSR count). The smallest absolute Gasteiger partial charge is 0.00717 e. The monoisotopic (exact) mass is 181 g/mol. The Hall–Kier alpha value is -0.300. The average molecular weight is 181 g/mol. The standard InChI is InChI=1S/C12H23N/c1-3-11(7-8-13)9-10(2)12-5-4-6-12/h3,10-12H,1,4-9,13H2,2H3. The van der Waals surface area contributed by atoms with E-state index in [-0.39, 0.29) is 0 Å². The van der Waals surface area contributed by atoms with E-state index in [1.54, 1.807) is 0 Å². The van der Waals surface area contributed by atoms with Gasteiger partial charge in [-0.15, -0.1) is 6.58 Å². The minimum atomic E-state index is 0.653. The first-order chi connectivity index (χ1) is 6.27. The quantitative estimate of drug-likeness (QED) is 0.626. The number of hydrogen-bond acceptors (Lipinski definition) is 1. The van der Waals surface area contributed by atoms with Crippen LogP contribution in [-0.4, -0.2) is 6.54 Å². The first kappa shape index (κ1) is 10.8. The molecular formula is C12H23N. The molecule has 0 bridgehead atoms. The highest BCUT2D eigenvalue weighted by molar-refractivity contribution is 4.84. The van der Waals surface area contributed by atoms with E-state index in [0.717, 1.165) is 24.8 Å². The summed E-state index contributed by atoms with van der Waals surface area (Å²) in [6, 6.07) is 0. The maximum atomic E-state index is 5.56. The molecule has 1 nitrogen and oxygen atoms in total. The number of nitrogens with two attached hydrogens (primary N) is 1. The van der Waals surface area contributed by atoms with Crippen LogP contribution in [0.25, 0.3) is 0 Å². The summed E-state index contributed by atoms with van der Waals surface area (Å²) in [5, 5.41) is 0. The predicted molar refractivity (Wildman–Crippen MR) is 58.5 cm³/mol. The third kappa shape index (κ3) is 3.15. The lowest BCUT2D eigenvalue weighted by Gasteiger charge is -2.33. The normalized spacial score (nSPS) is 22.0. The van der Waals surface area contributed by atoms with Crippen molar-refractivity contribution in [2.75, 3.05) is 6.54 Å². The van der Waals surface area contributed by atoms with Gasteiger partial charge in [0.15, 0.2) is 0 Å². The van der Waals surface area contributed by atoms with Gasteiger partial charge in [0.25, 0.3) is 0 Å². The van der Waals surface area contributed by atoms with Gasteiger partial charge >= 0.3 is 0 Å². The lowest BCUT2D eigenvalue weighted by atomic mass is 9.73. The summed E-state index contributed by atoms with van der Waals surface area (Å²) >= 11 is 0. The molecule has 1 aliphatic rings. The first-order valence-electron chi connectivity index (χ1n) is 5.60. The molecule has 0 spiro atoms. The summed E-state index contributed by atoms with van der Waals surface area (Å²) < 4.78 is 0. The van der Waals surface area contributed by atoms with Gasteiger partial charge in [0.2, 0.25) is 0 Å². The predicted octanol–water partition coefficient (Wildman–Crippen LogP) is 2.96. The molecule has 0 heterocycles. The van der Waals surface area contributed by atoms with Crippen molar-refractivity contribution in [3.8, 4) is 0 Å². The molecule has 0 amide bonds. The van der Waals surface area contributed by atoms with E-state index in [1.807, 2.05) is 0 Å². The van der Waals surface area contributed by atoms with Crippen molar-refractivity contribution in [1.29, 1.82) is 0 Å². The Morgan fingerprint density at radius 2 is 2.23 bits per heavy atom. The molecule has 1 aliphatic carbocycles. The molecule has 1 heteroatoms. The van der Waals surface area contributed by atoms with Crippen molar-refractivity contribution in [3.05, 3.63) is 12.7 Å². The van der Waals surface area contributed by atoms with Gasteiger partial charge < -0.3 is 5.73 Å². The Morgan fingerprint density at radius 3 is 2.62 bits per heavy atom. The molecule has 0 radical (unpaired) electrons. The summed E-state index contributed by atoms with van der Waals surface area (Å²) in [7, 11) is 0. The van der Waals surface area contributed by atoms with Crippen LogP contribution in [0.2, 0.25) is 0 Å². The molecule has 2 N–H and O–H groups in total. The van der Waals surface area contributed by atoms with Gasteiger partial charge in [0, 0.05) is 0 Å². The molecular weight excluding hydrogens is 158 g/mol. The van der Waals surface area contributed by atoms with Gasteiger partial charge in [-0.05, 0) is 37.1 Å². The second-order valence-electron chi connectivity index (χ2n) is 4.48. The van der Waals surface area contributed by atoms with Crippen molar-refractivity contribution in [1.82, 2.24) is 0 Å². The van der Waals surface area contributed by atoms with Crippen LogP contribution in [0.3, 0.4) is 0 Å². The van der Waals surface area contributed by atoms with Crippen molar-refractivity contribution in [2.45, 2.75) is 39.0 Å². The maximum absolute atomic E-state index is 5.56. The third-order valence-corrected chi connectivity index (χ3v) is 3.50. The van der Waals surface area contributed by atoms with Crippen LogP contribution in [0.1, 0.15) is 39.0 Å². The van der Waals surface area contributed by atoms with E-state index in [9.17, 15) is 0 Å². The highest BCUT2D eigenvalue weighted by atomic mass is 14.5. The largest absolute Gasteiger partial charge is 0.330 e. The summed E-state index contributed by atoms with van der Waals surface area (Å²) in [5.74, 6) is 2.53. The minimum absolute atomic E-state index is 0.653. The van der Waals surface area contributed by atoms with Crippen LogP contribution >= 0.6 is 0 Å². The molecule has 0 aliphatic heterocycles. The van der Waals surface area contributed by atoms with Crippen molar-refractivity contribution in [3.63, 3.8) is 0 Å². The van der Waals surface area contributed by atoms with Gasteiger partial charge in [-0.25, -0.2) is 0 Å². The Bertz CT molecular complexity index is 149. The van der Waals surface area contributed by atoms with Crippen molar-refractivity contribution < 1.29 is 0 Å². The van der Waals surface area contributed by atoms with Gasteiger partial charge in [-0.3, -0.25) is 0 Å². The first-order valence-corrected chi connectivity index (χ1v) is 5.60. The fourth-order valence-corrected chi connectivity index (χ4v) is 2.22. The lowest BCUT2D eigenvalue weighted by molar-refractivity contribution is 0.196. The van der Waals surface area contributed by atoms with E-state index in [1.165, 1.54) is 25.7 Å². The fraction of sp³-hybridized carbons (Fsp3) is 0.833. The molecule has 1 saturated carbocycles. The molecule has 2 unspecified atom stereocenters. The molecule has 2 atom stereocenters. The third-order valence-electron chi connectivity index (χ3n) is 3.50.